The van der Waals surface area contributed by atoms with E-state index >= 15 is 0 Å². The van der Waals surface area contributed by atoms with Crippen molar-refractivity contribution in [2.24, 2.45) is 5.92 Å². The van der Waals surface area contributed by atoms with Gasteiger partial charge in [0.25, 0.3) is 5.91 Å². The lowest BCUT2D eigenvalue weighted by Gasteiger charge is -2.19. The van der Waals surface area contributed by atoms with Crippen molar-refractivity contribution >= 4 is 17.4 Å². The maximum Gasteiger partial charge on any atom is 0.328 e. The van der Waals surface area contributed by atoms with Crippen molar-refractivity contribution in [2.75, 3.05) is 6.61 Å². The Morgan fingerprint density at radius 2 is 2.18 bits per heavy atom. The molecule has 0 fully saturated rings. The zero-order valence-electron chi connectivity index (χ0n) is 13.1. The lowest BCUT2D eigenvalue weighted by Crippen LogP contribution is -2.42. The maximum absolute atomic E-state index is 12.4. The minimum absolute atomic E-state index is 0.270. The average Bonchev–Trinajstić information content (AvgIpc) is 2.93. The van der Waals surface area contributed by atoms with Crippen LogP contribution in [0.3, 0.4) is 0 Å². The predicted octanol–water partition coefficient (Wildman–Crippen LogP) is 2.04. The van der Waals surface area contributed by atoms with Gasteiger partial charge in [0.05, 0.1) is 24.6 Å². The number of hydrogen-bond acceptors (Lipinski definition) is 4. The molecule has 0 aliphatic carbocycles. The lowest BCUT2D eigenvalue weighted by molar-refractivity contribution is -0.145. The monoisotopic (exact) mass is 303 g/mol. The number of esters is 1. The summed E-state index contributed by atoms with van der Waals surface area (Å²) in [6.45, 7) is 6.04. The predicted molar refractivity (Wildman–Crippen MR) is 82.5 cm³/mol. The van der Waals surface area contributed by atoms with Crippen LogP contribution in [-0.4, -0.2) is 33.9 Å². The Morgan fingerprint density at radius 3 is 2.86 bits per heavy atom. The van der Waals surface area contributed by atoms with Gasteiger partial charge in [0.1, 0.15) is 6.04 Å². The molecule has 0 aliphatic heterocycles. The Morgan fingerprint density at radius 1 is 1.41 bits per heavy atom. The first-order valence-electron chi connectivity index (χ1n) is 7.40. The summed E-state index contributed by atoms with van der Waals surface area (Å²) in [6.07, 6.45) is 5.64. The first kappa shape index (κ1) is 16.0. The van der Waals surface area contributed by atoms with Crippen molar-refractivity contribution in [1.29, 1.82) is 0 Å². The molecule has 2 heterocycles. The largest absolute Gasteiger partial charge is 0.464 e. The van der Waals surface area contributed by atoms with Crippen molar-refractivity contribution in [3.8, 4) is 0 Å². The normalized spacial score (nSPS) is 12.4. The number of aromatic nitrogens is 2. The summed E-state index contributed by atoms with van der Waals surface area (Å²) in [6, 6.07) is 2.80. The van der Waals surface area contributed by atoms with E-state index in [0.29, 0.717) is 18.6 Å². The lowest BCUT2D eigenvalue weighted by atomic mass is 10.0. The number of carbonyl (C=O) groups excluding carboxylic acids is 2. The zero-order chi connectivity index (χ0) is 16.1. The van der Waals surface area contributed by atoms with Crippen LogP contribution in [0.15, 0.2) is 30.9 Å². The number of nitrogens with one attached hydrogen (secondary N) is 1. The van der Waals surface area contributed by atoms with Crippen LogP contribution in [0.5, 0.6) is 0 Å². The molecule has 1 unspecified atom stereocenters. The summed E-state index contributed by atoms with van der Waals surface area (Å²) < 4.78 is 6.84. The fourth-order valence-corrected chi connectivity index (χ4v) is 2.23. The van der Waals surface area contributed by atoms with E-state index in [1.807, 2.05) is 18.2 Å². The Labute approximate surface area is 129 Å². The number of ether oxygens (including phenoxy) is 1. The standard InChI is InChI=1S/C16H21N3O3/c1-4-22-16(21)14(7-11(2)3)18-15(20)12-5-6-19-10-17-9-13(19)8-12/h5-6,8-11,14H,4,7H2,1-3H3,(H,18,20). The van der Waals surface area contributed by atoms with Gasteiger partial charge in [-0.1, -0.05) is 13.8 Å². The number of imidazole rings is 1. The highest BCUT2D eigenvalue weighted by Crippen LogP contribution is 2.10. The molecule has 2 rings (SSSR count). The van der Waals surface area contributed by atoms with Gasteiger partial charge in [0, 0.05) is 11.8 Å². The molecule has 0 saturated heterocycles. The molecule has 0 bridgehead atoms. The molecule has 1 amide bonds. The summed E-state index contributed by atoms with van der Waals surface area (Å²) in [7, 11) is 0. The van der Waals surface area contributed by atoms with Crippen LogP contribution in [0, 0.1) is 5.92 Å². The number of hydrogen-bond donors (Lipinski definition) is 1. The minimum atomic E-state index is -0.631. The molecular formula is C16H21N3O3. The Balaban J connectivity index is 2.13. The van der Waals surface area contributed by atoms with E-state index in [-0.39, 0.29) is 11.8 Å². The van der Waals surface area contributed by atoms with Crippen LogP contribution in [0.4, 0.5) is 0 Å². The van der Waals surface area contributed by atoms with Crippen molar-refractivity contribution in [2.45, 2.75) is 33.2 Å². The fourth-order valence-electron chi connectivity index (χ4n) is 2.23. The summed E-state index contributed by atoms with van der Waals surface area (Å²) >= 11 is 0. The van der Waals surface area contributed by atoms with Crippen LogP contribution in [-0.2, 0) is 9.53 Å². The number of rotatable bonds is 6. The highest BCUT2D eigenvalue weighted by atomic mass is 16.5. The summed E-state index contributed by atoms with van der Waals surface area (Å²) in [5.41, 5.74) is 1.32. The molecule has 2 aromatic rings. The number of amides is 1. The third-order valence-corrected chi connectivity index (χ3v) is 3.26. The first-order chi connectivity index (χ1) is 10.5. The summed E-state index contributed by atoms with van der Waals surface area (Å²) in [5.74, 6) is -0.413. The molecule has 2 aromatic heterocycles. The molecule has 0 aromatic carbocycles. The highest BCUT2D eigenvalue weighted by molar-refractivity contribution is 5.97. The maximum atomic E-state index is 12.4. The molecule has 6 nitrogen and oxygen atoms in total. The van der Waals surface area contributed by atoms with Gasteiger partial charge < -0.3 is 14.5 Å². The van der Waals surface area contributed by atoms with Crippen molar-refractivity contribution < 1.29 is 14.3 Å². The quantitative estimate of drug-likeness (QED) is 0.829. The zero-order valence-corrected chi connectivity index (χ0v) is 13.1. The Bertz CT molecular complexity index is 663. The number of carbonyl (C=O) groups is 2. The number of nitrogens with zero attached hydrogens (tertiary/aromatic N) is 2. The van der Waals surface area contributed by atoms with Gasteiger partial charge in [-0.15, -0.1) is 0 Å². The van der Waals surface area contributed by atoms with E-state index in [1.54, 1.807) is 37.8 Å². The van der Waals surface area contributed by atoms with Gasteiger partial charge in [-0.25, -0.2) is 9.78 Å². The van der Waals surface area contributed by atoms with E-state index in [4.69, 9.17) is 4.74 Å². The van der Waals surface area contributed by atoms with Crippen molar-refractivity contribution in [3.63, 3.8) is 0 Å². The van der Waals surface area contributed by atoms with Gasteiger partial charge >= 0.3 is 5.97 Å². The molecule has 6 heteroatoms. The Hall–Kier alpha value is -2.37. The van der Waals surface area contributed by atoms with Gasteiger partial charge in [-0.2, -0.15) is 0 Å². The first-order valence-corrected chi connectivity index (χ1v) is 7.40. The topological polar surface area (TPSA) is 72.7 Å². The molecule has 1 atom stereocenters. The smallest absolute Gasteiger partial charge is 0.328 e. The molecule has 1 N–H and O–H groups in total. The van der Waals surface area contributed by atoms with Crippen molar-refractivity contribution in [1.82, 2.24) is 14.7 Å². The average molecular weight is 303 g/mol. The highest BCUT2D eigenvalue weighted by Gasteiger charge is 2.23. The van der Waals surface area contributed by atoms with Crippen LogP contribution in [0.25, 0.3) is 5.52 Å². The second kappa shape index (κ2) is 7.06. The van der Waals surface area contributed by atoms with E-state index < -0.39 is 12.0 Å². The third-order valence-electron chi connectivity index (χ3n) is 3.26. The van der Waals surface area contributed by atoms with Crippen LogP contribution in [0.1, 0.15) is 37.6 Å². The minimum Gasteiger partial charge on any atom is -0.464 e. The summed E-state index contributed by atoms with van der Waals surface area (Å²) in [4.78, 5) is 28.3. The van der Waals surface area contributed by atoms with E-state index in [9.17, 15) is 9.59 Å². The van der Waals surface area contributed by atoms with Gasteiger partial charge in [-0.3, -0.25) is 4.79 Å². The second-order valence-corrected chi connectivity index (χ2v) is 5.55. The van der Waals surface area contributed by atoms with E-state index in [0.717, 1.165) is 5.52 Å². The fraction of sp³-hybridized carbons (Fsp3) is 0.438. The molecule has 0 saturated carbocycles. The Kier molecular flexibility index (Phi) is 5.14. The van der Waals surface area contributed by atoms with Crippen LogP contribution < -0.4 is 5.32 Å². The van der Waals surface area contributed by atoms with Gasteiger partial charge in [0.15, 0.2) is 0 Å². The SMILES string of the molecule is CCOC(=O)C(CC(C)C)NC(=O)c1ccn2cncc2c1. The van der Waals surface area contributed by atoms with Gasteiger partial charge in [0.2, 0.25) is 0 Å². The van der Waals surface area contributed by atoms with Crippen LogP contribution in [0.2, 0.25) is 0 Å². The summed E-state index contributed by atoms with van der Waals surface area (Å²) in [5, 5.41) is 2.76. The molecular weight excluding hydrogens is 282 g/mol. The molecule has 22 heavy (non-hydrogen) atoms. The molecule has 0 radical (unpaired) electrons. The third kappa shape index (κ3) is 3.84. The molecule has 0 spiro atoms. The van der Waals surface area contributed by atoms with Gasteiger partial charge in [-0.05, 0) is 31.4 Å². The van der Waals surface area contributed by atoms with E-state index in [2.05, 4.69) is 10.3 Å². The molecule has 118 valence electrons. The van der Waals surface area contributed by atoms with E-state index in [1.165, 1.54) is 0 Å². The van der Waals surface area contributed by atoms with Crippen molar-refractivity contribution in [3.05, 3.63) is 36.4 Å². The number of pyridine rings is 1. The second-order valence-electron chi connectivity index (χ2n) is 5.55. The number of fused-ring (bicyclic) bond motifs is 1. The van der Waals surface area contributed by atoms with Crippen LogP contribution >= 0.6 is 0 Å². The molecule has 0 aliphatic rings.